The molecule has 15 nitrogen and oxygen atoms in total. The van der Waals surface area contributed by atoms with E-state index in [0.717, 1.165) is 35.6 Å². The number of carbonyl (C=O) groups is 5. The van der Waals surface area contributed by atoms with E-state index in [4.69, 9.17) is 17.2 Å². The van der Waals surface area contributed by atoms with Gasteiger partial charge in [0.25, 0.3) is 0 Å². The van der Waals surface area contributed by atoms with E-state index in [0.29, 0.717) is 31.4 Å². The maximum atomic E-state index is 14.4. The van der Waals surface area contributed by atoms with Crippen molar-refractivity contribution in [2.75, 3.05) is 26.2 Å². The average molecular weight is 758 g/mol. The number of benzene rings is 3. The third kappa shape index (κ3) is 13.3. The Morgan fingerprint density at radius 3 is 2.16 bits per heavy atom. The van der Waals surface area contributed by atoms with Crippen molar-refractivity contribution >= 4 is 46.3 Å². The Balaban J connectivity index is 1.65. The lowest BCUT2D eigenvalue weighted by Crippen LogP contribution is -2.58. The third-order valence-corrected chi connectivity index (χ3v) is 9.66. The lowest BCUT2D eigenvalue weighted by Gasteiger charge is -2.33. The van der Waals surface area contributed by atoms with E-state index < -0.39 is 60.2 Å². The molecule has 0 aliphatic carbocycles. The number of phenols is 1. The van der Waals surface area contributed by atoms with Gasteiger partial charge in [0.15, 0.2) is 5.96 Å². The maximum Gasteiger partial charge on any atom is 0.246 e. The minimum Gasteiger partial charge on any atom is -0.508 e. The van der Waals surface area contributed by atoms with Crippen LogP contribution >= 0.6 is 0 Å². The van der Waals surface area contributed by atoms with Crippen molar-refractivity contribution in [1.29, 1.82) is 0 Å². The van der Waals surface area contributed by atoms with E-state index in [2.05, 4.69) is 26.3 Å². The number of guanidine groups is 1. The number of nitrogens with one attached hydrogen (secondary N) is 4. The SMILES string of the molecule is C[C@@H]1C(=O)N[C@@H](CCCN=C(N)N)C(=O)N[C@@H](CCc2ccc3ccccc3c2)C(=O)NCC(=O)N[C@H](Cc2ccc(O)cc2)C(=O)N1CCCCCCN. The predicted molar refractivity (Wildman–Crippen MR) is 211 cm³/mol. The highest BCUT2D eigenvalue weighted by atomic mass is 16.3. The topological polar surface area (TPSA) is 247 Å². The van der Waals surface area contributed by atoms with E-state index in [1.807, 2.05) is 42.5 Å². The zero-order valence-corrected chi connectivity index (χ0v) is 31.5. The molecule has 0 saturated carbocycles. The van der Waals surface area contributed by atoms with Crippen molar-refractivity contribution in [3.05, 3.63) is 77.9 Å². The number of phenolic OH excluding ortho intramolecular Hbond substituents is 1. The van der Waals surface area contributed by atoms with E-state index in [9.17, 15) is 29.1 Å². The summed E-state index contributed by atoms with van der Waals surface area (Å²) in [5.41, 5.74) is 18.3. The van der Waals surface area contributed by atoms with Gasteiger partial charge in [0.2, 0.25) is 29.5 Å². The van der Waals surface area contributed by atoms with Gasteiger partial charge in [-0.15, -0.1) is 0 Å². The number of nitrogens with two attached hydrogens (primary N) is 3. The van der Waals surface area contributed by atoms with Crippen LogP contribution in [0.2, 0.25) is 0 Å². The number of aromatic hydroxyl groups is 1. The Kier molecular flexibility index (Phi) is 16.3. The molecule has 1 fully saturated rings. The minimum atomic E-state index is -1.11. The molecular weight excluding hydrogens is 702 g/mol. The molecule has 296 valence electrons. The van der Waals surface area contributed by atoms with Crippen LogP contribution in [0, 0.1) is 0 Å². The molecule has 1 saturated heterocycles. The summed E-state index contributed by atoms with van der Waals surface area (Å²) in [6.07, 6.45) is 4.12. The molecule has 0 bridgehead atoms. The molecule has 1 heterocycles. The van der Waals surface area contributed by atoms with Gasteiger partial charge in [-0.05, 0) is 86.0 Å². The van der Waals surface area contributed by atoms with Crippen molar-refractivity contribution in [2.24, 2.45) is 22.2 Å². The number of amides is 5. The molecule has 55 heavy (non-hydrogen) atoms. The molecule has 1 aliphatic heterocycles. The summed E-state index contributed by atoms with van der Waals surface area (Å²) >= 11 is 0. The van der Waals surface area contributed by atoms with Crippen LogP contribution < -0.4 is 38.5 Å². The fraction of sp³-hybridized carbons (Fsp3) is 0.450. The Hall–Kier alpha value is -5.70. The van der Waals surface area contributed by atoms with Crippen molar-refractivity contribution in [2.45, 2.75) is 88.9 Å². The van der Waals surface area contributed by atoms with Crippen LogP contribution in [-0.2, 0) is 36.8 Å². The number of aryl methyl sites for hydroxylation is 1. The van der Waals surface area contributed by atoms with Crippen LogP contribution in [0.4, 0.5) is 0 Å². The first-order chi connectivity index (χ1) is 26.4. The second-order valence-corrected chi connectivity index (χ2v) is 13.9. The van der Waals surface area contributed by atoms with E-state index in [1.54, 1.807) is 19.1 Å². The number of rotatable bonds is 15. The largest absolute Gasteiger partial charge is 0.508 e. The van der Waals surface area contributed by atoms with E-state index in [1.165, 1.54) is 17.0 Å². The molecule has 0 radical (unpaired) electrons. The van der Waals surface area contributed by atoms with Crippen LogP contribution in [0.25, 0.3) is 10.8 Å². The zero-order valence-electron chi connectivity index (χ0n) is 31.5. The number of hydrogen-bond acceptors (Lipinski definition) is 8. The van der Waals surface area contributed by atoms with Crippen molar-refractivity contribution in [1.82, 2.24) is 26.2 Å². The second-order valence-electron chi connectivity index (χ2n) is 13.9. The predicted octanol–water partition coefficient (Wildman–Crippen LogP) is 1.09. The maximum absolute atomic E-state index is 14.4. The molecule has 3 aromatic rings. The summed E-state index contributed by atoms with van der Waals surface area (Å²) in [6.45, 7) is 2.05. The van der Waals surface area contributed by atoms with Crippen LogP contribution in [-0.4, -0.2) is 95.8 Å². The fourth-order valence-electron chi connectivity index (χ4n) is 6.53. The number of hydrogen-bond donors (Lipinski definition) is 8. The van der Waals surface area contributed by atoms with Crippen LogP contribution in [0.5, 0.6) is 5.75 Å². The zero-order chi connectivity index (χ0) is 39.7. The van der Waals surface area contributed by atoms with Crippen molar-refractivity contribution < 1.29 is 29.1 Å². The third-order valence-electron chi connectivity index (χ3n) is 9.66. The number of aliphatic imine (C=N–C) groups is 1. The highest BCUT2D eigenvalue weighted by Gasteiger charge is 2.35. The molecule has 0 spiro atoms. The summed E-state index contributed by atoms with van der Waals surface area (Å²) in [5.74, 6) is -2.99. The first-order valence-electron chi connectivity index (χ1n) is 18.9. The quantitative estimate of drug-likeness (QED) is 0.0627. The van der Waals surface area contributed by atoms with Crippen molar-refractivity contribution in [3.8, 4) is 5.75 Å². The molecule has 4 rings (SSSR count). The lowest BCUT2D eigenvalue weighted by molar-refractivity contribution is -0.143. The normalized spacial score (nSPS) is 20.1. The molecule has 0 aromatic heterocycles. The summed E-state index contributed by atoms with van der Waals surface area (Å²) in [7, 11) is 0. The Labute approximate surface area is 321 Å². The lowest BCUT2D eigenvalue weighted by atomic mass is 10.0. The van der Waals surface area contributed by atoms with Gasteiger partial charge in [-0.1, -0.05) is 67.4 Å². The molecular formula is C40H55N9O6. The monoisotopic (exact) mass is 757 g/mol. The molecule has 11 N–H and O–H groups in total. The standard InChI is InChI=1S/C40H55N9O6/c1-26-36(52)47-32(11-8-21-44-40(42)43)38(54)48-33(19-15-27-12-16-29-9-4-5-10-30(29)23-27)37(53)45-25-35(51)46-34(24-28-13-17-31(50)18-14-28)39(55)49(26)22-7-3-2-6-20-41/h4-5,9-10,12-14,16-18,23,26,32-34,50H,2-3,6-8,11,15,19-22,24-25,41H2,1H3,(H,45,53)(H,46,51)(H,47,52)(H,48,54)(H4,42,43,44)/t26-,32+,33+,34-/m1/s1. The van der Waals surface area contributed by atoms with Gasteiger partial charge >= 0.3 is 0 Å². The Bertz CT molecular complexity index is 1800. The molecule has 1 aliphatic rings. The smallest absolute Gasteiger partial charge is 0.246 e. The van der Waals surface area contributed by atoms with Gasteiger partial charge in [0, 0.05) is 19.5 Å². The molecule has 3 aromatic carbocycles. The number of unbranched alkanes of at least 4 members (excludes halogenated alkanes) is 3. The van der Waals surface area contributed by atoms with Crippen LogP contribution in [0.15, 0.2) is 71.7 Å². The van der Waals surface area contributed by atoms with Gasteiger partial charge in [-0.25, -0.2) is 0 Å². The molecule has 5 amide bonds. The van der Waals surface area contributed by atoms with Gasteiger partial charge in [-0.3, -0.25) is 29.0 Å². The average Bonchev–Trinajstić information content (AvgIpc) is 3.17. The van der Waals surface area contributed by atoms with Crippen LogP contribution in [0.3, 0.4) is 0 Å². The Morgan fingerprint density at radius 1 is 0.764 bits per heavy atom. The number of carbonyl (C=O) groups excluding carboxylic acids is 5. The van der Waals surface area contributed by atoms with Gasteiger partial charge < -0.3 is 48.5 Å². The first kappa shape index (κ1) is 42.0. The van der Waals surface area contributed by atoms with E-state index in [-0.39, 0.29) is 44.1 Å². The second kappa shape index (κ2) is 21.3. The van der Waals surface area contributed by atoms with E-state index >= 15 is 0 Å². The summed E-state index contributed by atoms with van der Waals surface area (Å²) in [5, 5.41) is 23.0. The number of fused-ring (bicyclic) bond motifs is 1. The highest BCUT2D eigenvalue weighted by molar-refractivity contribution is 5.97. The molecule has 4 atom stereocenters. The van der Waals surface area contributed by atoms with Gasteiger partial charge in [0.1, 0.15) is 29.9 Å². The first-order valence-corrected chi connectivity index (χ1v) is 18.9. The minimum absolute atomic E-state index is 0.0412. The van der Waals surface area contributed by atoms with Gasteiger partial charge in [-0.2, -0.15) is 0 Å². The highest BCUT2D eigenvalue weighted by Crippen LogP contribution is 2.18. The van der Waals surface area contributed by atoms with Crippen molar-refractivity contribution in [3.63, 3.8) is 0 Å². The molecule has 0 unspecified atom stereocenters. The Morgan fingerprint density at radius 2 is 1.44 bits per heavy atom. The summed E-state index contributed by atoms with van der Waals surface area (Å²) in [4.78, 5) is 74.9. The van der Waals surface area contributed by atoms with Crippen LogP contribution in [0.1, 0.15) is 63.0 Å². The molecule has 15 heteroatoms. The summed E-state index contributed by atoms with van der Waals surface area (Å²) in [6, 6.07) is 15.8. The fourth-order valence-corrected chi connectivity index (χ4v) is 6.53. The number of nitrogens with zero attached hydrogens (tertiary/aromatic N) is 2. The van der Waals surface area contributed by atoms with Gasteiger partial charge in [0.05, 0.1) is 6.54 Å². The summed E-state index contributed by atoms with van der Waals surface area (Å²) < 4.78 is 0.